The van der Waals surface area contributed by atoms with Gasteiger partial charge >= 0.3 is 6.09 Å². The van der Waals surface area contributed by atoms with Crippen molar-refractivity contribution in [1.82, 2.24) is 0 Å². The van der Waals surface area contributed by atoms with E-state index in [1.54, 1.807) is 12.1 Å². The van der Waals surface area contributed by atoms with Crippen molar-refractivity contribution in [1.29, 1.82) is 0 Å². The Bertz CT molecular complexity index is 415. The molecule has 17 heavy (non-hydrogen) atoms. The van der Waals surface area contributed by atoms with E-state index in [2.05, 4.69) is 21.2 Å². The van der Waals surface area contributed by atoms with Crippen molar-refractivity contribution in [2.75, 3.05) is 5.32 Å². The SMILES string of the molecule is CC(C)(C)OC(=O)Nc1ccc(CBr)cc1Cl. The van der Waals surface area contributed by atoms with Gasteiger partial charge in [-0.3, -0.25) is 5.32 Å². The lowest BCUT2D eigenvalue weighted by Gasteiger charge is -2.20. The summed E-state index contributed by atoms with van der Waals surface area (Å²) in [5.74, 6) is 0. The number of benzene rings is 1. The average Bonchev–Trinajstić information content (AvgIpc) is 2.18. The number of anilines is 1. The predicted octanol–water partition coefficient (Wildman–Crippen LogP) is 4.58. The van der Waals surface area contributed by atoms with Gasteiger partial charge in [-0.25, -0.2) is 4.79 Å². The minimum atomic E-state index is -0.521. The van der Waals surface area contributed by atoms with Crippen molar-refractivity contribution in [2.24, 2.45) is 0 Å². The standard InChI is InChI=1S/C12H15BrClNO2/c1-12(2,3)17-11(16)15-10-5-4-8(7-13)6-9(10)14/h4-6H,7H2,1-3H3,(H,15,16). The van der Waals surface area contributed by atoms with Gasteiger partial charge in [-0.15, -0.1) is 0 Å². The number of hydrogen-bond acceptors (Lipinski definition) is 2. The minimum Gasteiger partial charge on any atom is -0.444 e. The first-order valence-corrected chi connectivity index (χ1v) is 6.66. The van der Waals surface area contributed by atoms with E-state index in [0.717, 1.165) is 10.9 Å². The Morgan fingerprint density at radius 3 is 2.59 bits per heavy atom. The van der Waals surface area contributed by atoms with Crippen LogP contribution in [0.1, 0.15) is 26.3 Å². The molecule has 0 heterocycles. The zero-order chi connectivity index (χ0) is 13.1. The molecular weight excluding hydrogens is 305 g/mol. The average molecular weight is 321 g/mol. The summed E-state index contributed by atoms with van der Waals surface area (Å²) in [6.45, 7) is 5.42. The fraction of sp³-hybridized carbons (Fsp3) is 0.417. The van der Waals surface area contributed by atoms with Crippen LogP contribution >= 0.6 is 27.5 Å². The molecule has 0 saturated heterocycles. The number of rotatable bonds is 2. The molecule has 0 atom stereocenters. The van der Waals surface area contributed by atoms with Crippen molar-refractivity contribution in [3.63, 3.8) is 0 Å². The second-order valence-electron chi connectivity index (χ2n) is 4.57. The van der Waals surface area contributed by atoms with Crippen LogP contribution in [0.4, 0.5) is 10.5 Å². The molecule has 1 amide bonds. The van der Waals surface area contributed by atoms with E-state index in [9.17, 15) is 4.79 Å². The Hall–Kier alpha value is -0.740. The Morgan fingerprint density at radius 2 is 2.12 bits per heavy atom. The van der Waals surface area contributed by atoms with Crippen LogP contribution in [0.3, 0.4) is 0 Å². The van der Waals surface area contributed by atoms with Gasteiger partial charge in [0.25, 0.3) is 0 Å². The molecule has 1 N–H and O–H groups in total. The first-order valence-electron chi connectivity index (χ1n) is 5.16. The second kappa shape index (κ2) is 5.74. The Balaban J connectivity index is 2.72. The molecule has 0 unspecified atom stereocenters. The highest BCUT2D eigenvalue weighted by molar-refractivity contribution is 9.08. The highest BCUT2D eigenvalue weighted by Gasteiger charge is 2.16. The molecule has 0 radical (unpaired) electrons. The third-order valence-corrected chi connectivity index (χ3v) is 2.78. The molecule has 1 rings (SSSR count). The normalized spacial score (nSPS) is 11.1. The van der Waals surface area contributed by atoms with Gasteiger partial charge in [0, 0.05) is 5.33 Å². The number of amides is 1. The zero-order valence-corrected chi connectivity index (χ0v) is 12.4. The summed E-state index contributed by atoms with van der Waals surface area (Å²) in [5.41, 5.74) is 1.07. The van der Waals surface area contributed by atoms with Crippen LogP contribution in [0, 0.1) is 0 Å². The number of hydrogen-bond donors (Lipinski definition) is 1. The number of nitrogens with one attached hydrogen (secondary N) is 1. The van der Waals surface area contributed by atoms with E-state index in [0.29, 0.717) is 10.7 Å². The summed E-state index contributed by atoms with van der Waals surface area (Å²) in [5, 5.41) is 3.82. The van der Waals surface area contributed by atoms with Gasteiger partial charge in [-0.2, -0.15) is 0 Å². The van der Waals surface area contributed by atoms with E-state index in [4.69, 9.17) is 16.3 Å². The Labute approximate surface area is 115 Å². The third-order valence-electron chi connectivity index (χ3n) is 1.82. The summed E-state index contributed by atoms with van der Waals surface area (Å²) < 4.78 is 5.14. The fourth-order valence-electron chi connectivity index (χ4n) is 1.16. The van der Waals surface area contributed by atoms with Crippen LogP contribution in [0.15, 0.2) is 18.2 Å². The van der Waals surface area contributed by atoms with E-state index >= 15 is 0 Å². The second-order valence-corrected chi connectivity index (χ2v) is 5.54. The minimum absolute atomic E-state index is 0.493. The summed E-state index contributed by atoms with van der Waals surface area (Å²) in [7, 11) is 0. The lowest BCUT2D eigenvalue weighted by atomic mass is 10.2. The molecule has 5 heteroatoms. The van der Waals surface area contributed by atoms with Crippen molar-refractivity contribution in [3.8, 4) is 0 Å². The molecular formula is C12H15BrClNO2. The summed E-state index contributed by atoms with van der Waals surface area (Å²) in [4.78, 5) is 11.5. The van der Waals surface area contributed by atoms with Crippen molar-refractivity contribution in [2.45, 2.75) is 31.7 Å². The van der Waals surface area contributed by atoms with Gasteiger partial charge in [0.05, 0.1) is 10.7 Å². The smallest absolute Gasteiger partial charge is 0.412 e. The molecule has 94 valence electrons. The van der Waals surface area contributed by atoms with E-state index in [1.165, 1.54) is 0 Å². The maximum absolute atomic E-state index is 11.5. The first-order chi connectivity index (χ1) is 7.81. The molecule has 0 aliphatic rings. The summed E-state index contributed by atoms with van der Waals surface area (Å²) >= 11 is 9.37. The molecule has 1 aromatic rings. The van der Waals surface area contributed by atoms with Gasteiger partial charge in [0.15, 0.2) is 0 Å². The monoisotopic (exact) mass is 319 g/mol. The molecule has 0 spiro atoms. The number of carbonyl (C=O) groups excluding carboxylic acids is 1. The van der Waals surface area contributed by atoms with Gasteiger partial charge in [-0.1, -0.05) is 33.6 Å². The highest BCUT2D eigenvalue weighted by atomic mass is 79.9. The lowest BCUT2D eigenvalue weighted by molar-refractivity contribution is 0.0636. The number of halogens is 2. The van der Waals surface area contributed by atoms with E-state index in [-0.39, 0.29) is 0 Å². The Kier molecular flexibility index (Phi) is 4.83. The molecule has 0 aliphatic carbocycles. The van der Waals surface area contributed by atoms with Crippen LogP contribution in [0.5, 0.6) is 0 Å². The maximum atomic E-state index is 11.5. The van der Waals surface area contributed by atoms with Crippen LogP contribution in [0.25, 0.3) is 0 Å². The molecule has 0 saturated carbocycles. The predicted molar refractivity (Wildman–Crippen MR) is 73.9 cm³/mol. The van der Waals surface area contributed by atoms with Crippen molar-refractivity contribution >= 4 is 39.3 Å². The van der Waals surface area contributed by atoms with Gasteiger partial charge in [-0.05, 0) is 38.5 Å². The lowest BCUT2D eigenvalue weighted by Crippen LogP contribution is -2.27. The van der Waals surface area contributed by atoms with E-state index < -0.39 is 11.7 Å². The number of ether oxygens (including phenoxy) is 1. The summed E-state index contributed by atoms with van der Waals surface area (Å²) in [6.07, 6.45) is -0.508. The maximum Gasteiger partial charge on any atom is 0.412 e. The zero-order valence-electron chi connectivity index (χ0n) is 10.0. The largest absolute Gasteiger partial charge is 0.444 e. The van der Waals surface area contributed by atoms with E-state index in [1.807, 2.05) is 26.8 Å². The van der Waals surface area contributed by atoms with Crippen molar-refractivity contribution in [3.05, 3.63) is 28.8 Å². The molecule has 0 aromatic heterocycles. The quantitative estimate of drug-likeness (QED) is 0.810. The topological polar surface area (TPSA) is 38.3 Å². The van der Waals surface area contributed by atoms with Gasteiger partial charge < -0.3 is 4.74 Å². The molecule has 3 nitrogen and oxygen atoms in total. The number of alkyl halides is 1. The van der Waals surface area contributed by atoms with Crippen molar-refractivity contribution < 1.29 is 9.53 Å². The summed E-state index contributed by atoms with van der Waals surface area (Å²) in [6, 6.07) is 5.43. The third kappa shape index (κ3) is 4.96. The first kappa shape index (κ1) is 14.3. The van der Waals surface area contributed by atoms with Crippen LogP contribution < -0.4 is 5.32 Å². The van der Waals surface area contributed by atoms with Crippen LogP contribution in [0.2, 0.25) is 5.02 Å². The molecule has 0 bridgehead atoms. The fourth-order valence-corrected chi connectivity index (χ4v) is 1.76. The van der Waals surface area contributed by atoms with Crippen LogP contribution in [-0.4, -0.2) is 11.7 Å². The van der Waals surface area contributed by atoms with Gasteiger partial charge in [0.2, 0.25) is 0 Å². The highest BCUT2D eigenvalue weighted by Crippen LogP contribution is 2.24. The Morgan fingerprint density at radius 1 is 1.47 bits per heavy atom. The van der Waals surface area contributed by atoms with Gasteiger partial charge in [0.1, 0.15) is 5.60 Å². The molecule has 0 aliphatic heterocycles. The number of carbonyl (C=O) groups is 1. The molecule has 1 aromatic carbocycles. The molecule has 0 fully saturated rings. The van der Waals surface area contributed by atoms with Crippen LogP contribution in [-0.2, 0) is 10.1 Å².